The minimum absolute atomic E-state index is 0.0632. The first-order valence-electron chi connectivity index (χ1n) is 17.7. The second-order valence-electron chi connectivity index (χ2n) is 13.4. The van der Waals surface area contributed by atoms with E-state index in [0.717, 1.165) is 11.1 Å². The zero-order valence-electron chi connectivity index (χ0n) is 29.2. The van der Waals surface area contributed by atoms with Crippen LogP contribution in [0.25, 0.3) is 0 Å². The average molecular weight is 700 g/mol. The smallest absolute Gasteiger partial charge is 0.247 e. The van der Waals surface area contributed by atoms with Gasteiger partial charge in [-0.3, -0.25) is 19.2 Å². The highest BCUT2D eigenvalue weighted by atomic mass is 16.5. The van der Waals surface area contributed by atoms with E-state index in [9.17, 15) is 24.3 Å². The number of aliphatic hydroxyl groups excluding tert-OH is 1. The van der Waals surface area contributed by atoms with Crippen molar-refractivity contribution in [2.75, 3.05) is 26.3 Å². The molecular weight excluding hydrogens is 650 g/mol. The molecule has 7 rings (SSSR count). The molecule has 5 atom stereocenters. The van der Waals surface area contributed by atoms with E-state index < -0.39 is 42.1 Å². The maximum absolute atomic E-state index is 14.0. The molecule has 12 heteroatoms. The Labute approximate surface area is 299 Å². The van der Waals surface area contributed by atoms with Gasteiger partial charge in [0.2, 0.25) is 23.6 Å². The van der Waals surface area contributed by atoms with E-state index in [1.165, 1.54) is 0 Å². The van der Waals surface area contributed by atoms with E-state index in [1.54, 1.807) is 12.1 Å². The van der Waals surface area contributed by atoms with Crippen molar-refractivity contribution in [3.63, 3.8) is 0 Å². The molecule has 4 aliphatic rings. The molecule has 51 heavy (non-hydrogen) atoms. The van der Waals surface area contributed by atoms with E-state index in [2.05, 4.69) is 26.6 Å². The molecule has 4 aliphatic heterocycles. The van der Waals surface area contributed by atoms with Gasteiger partial charge in [-0.25, -0.2) is 0 Å². The SMILES string of the molecule is CC(C)C1NC(=O)CCCOc2ccc(cc2)CC(C(O)CNC2Cc3ccc(cc3)OCCCNC(=O)C(c3ccccc3)NC2=O)NC1=O. The Morgan fingerprint density at radius 3 is 2.02 bits per heavy atom. The van der Waals surface area contributed by atoms with Gasteiger partial charge in [-0.05, 0) is 72.6 Å². The van der Waals surface area contributed by atoms with Crippen LogP contribution in [-0.4, -0.2) is 79.3 Å². The lowest BCUT2D eigenvalue weighted by atomic mass is 9.97. The summed E-state index contributed by atoms with van der Waals surface area (Å²) in [5.74, 6) is -0.296. The molecule has 0 aromatic heterocycles. The molecule has 0 spiro atoms. The van der Waals surface area contributed by atoms with E-state index in [-0.39, 0.29) is 43.5 Å². The molecule has 272 valence electrons. The quantitative estimate of drug-likeness (QED) is 0.228. The number of carbonyl (C=O) groups is 4. The Bertz CT molecular complexity index is 1600. The highest BCUT2D eigenvalue weighted by Gasteiger charge is 2.31. The first kappa shape index (κ1) is 37.3. The van der Waals surface area contributed by atoms with E-state index in [0.29, 0.717) is 49.7 Å². The summed E-state index contributed by atoms with van der Waals surface area (Å²) in [6, 6.07) is 20.5. The highest BCUT2D eigenvalue weighted by Crippen LogP contribution is 2.19. The van der Waals surface area contributed by atoms with Crippen molar-refractivity contribution in [2.24, 2.45) is 5.92 Å². The molecule has 0 saturated heterocycles. The Balaban J connectivity index is 1.38. The molecule has 3 aromatic rings. The highest BCUT2D eigenvalue weighted by molar-refractivity contribution is 5.91. The number of amides is 4. The lowest BCUT2D eigenvalue weighted by Crippen LogP contribution is -2.57. The number of benzene rings is 3. The van der Waals surface area contributed by atoms with Crippen molar-refractivity contribution in [3.05, 3.63) is 95.6 Å². The Morgan fingerprint density at radius 2 is 1.37 bits per heavy atom. The van der Waals surface area contributed by atoms with Crippen LogP contribution >= 0.6 is 0 Å². The predicted molar refractivity (Wildman–Crippen MR) is 192 cm³/mol. The molecule has 12 nitrogen and oxygen atoms in total. The lowest BCUT2D eigenvalue weighted by Gasteiger charge is -2.30. The summed E-state index contributed by atoms with van der Waals surface area (Å²) in [6.45, 7) is 4.79. The number of aliphatic hydroxyl groups is 1. The molecule has 3 aromatic carbocycles. The van der Waals surface area contributed by atoms with Gasteiger partial charge < -0.3 is 41.2 Å². The van der Waals surface area contributed by atoms with Crippen molar-refractivity contribution in [1.29, 1.82) is 0 Å². The number of nitrogens with one attached hydrogen (secondary N) is 5. The van der Waals surface area contributed by atoms with Crippen LogP contribution in [0.3, 0.4) is 0 Å². The molecule has 0 aliphatic carbocycles. The molecule has 4 amide bonds. The summed E-state index contributed by atoms with van der Waals surface area (Å²) in [6.07, 6.45) is 0.680. The van der Waals surface area contributed by atoms with Crippen LogP contribution in [0.4, 0.5) is 0 Å². The van der Waals surface area contributed by atoms with Crippen LogP contribution in [0.2, 0.25) is 0 Å². The fraction of sp³-hybridized carbons (Fsp3) is 0.436. The summed E-state index contributed by atoms with van der Waals surface area (Å²) in [4.78, 5) is 53.7. The molecule has 0 radical (unpaired) electrons. The standard InChI is InChI=1S/C39H49N5O7/c1-25(2)35-39(49)42-31(22-26-11-15-29(16-12-26)50-20-6-10-34(46)43-35)33(45)24-41-32-23-27-13-17-30(18-14-27)51-21-7-19-40-38(48)36(44-37(32)47)28-8-4-3-5-9-28/h3-5,8-9,11-18,25,31-33,35-36,41,45H,6-7,10,19-24H2,1-2H3,(H,40,48)(H,42,49)(H,43,46)(H,44,47). The first-order chi connectivity index (χ1) is 24.7. The number of carbonyl (C=O) groups excluding carboxylic acids is 4. The van der Waals surface area contributed by atoms with Gasteiger partial charge >= 0.3 is 0 Å². The van der Waals surface area contributed by atoms with Gasteiger partial charge in [-0.1, -0.05) is 68.4 Å². The van der Waals surface area contributed by atoms with Gasteiger partial charge in [-0.15, -0.1) is 0 Å². The molecule has 6 N–H and O–H groups in total. The summed E-state index contributed by atoms with van der Waals surface area (Å²) in [7, 11) is 0. The molecule has 0 saturated carbocycles. The Kier molecular flexibility index (Phi) is 13.4. The summed E-state index contributed by atoms with van der Waals surface area (Å²) < 4.78 is 11.6. The fourth-order valence-electron chi connectivity index (χ4n) is 6.12. The minimum atomic E-state index is -1.14. The predicted octanol–water partition coefficient (Wildman–Crippen LogP) is 2.35. The van der Waals surface area contributed by atoms with E-state index in [4.69, 9.17) is 9.47 Å². The van der Waals surface area contributed by atoms with Gasteiger partial charge in [0, 0.05) is 19.5 Å². The lowest BCUT2D eigenvalue weighted by molar-refractivity contribution is -0.131. The maximum Gasteiger partial charge on any atom is 0.247 e. The third-order valence-corrected chi connectivity index (χ3v) is 9.08. The second-order valence-corrected chi connectivity index (χ2v) is 13.4. The monoisotopic (exact) mass is 699 g/mol. The van der Waals surface area contributed by atoms with Gasteiger partial charge in [0.1, 0.15) is 23.6 Å². The summed E-state index contributed by atoms with van der Waals surface area (Å²) in [5, 5.41) is 26.6. The molecular formula is C39H49N5O7. The molecule has 0 fully saturated rings. The van der Waals surface area contributed by atoms with Crippen molar-refractivity contribution in [2.45, 2.75) is 76.2 Å². The van der Waals surface area contributed by atoms with Gasteiger partial charge in [0.25, 0.3) is 0 Å². The van der Waals surface area contributed by atoms with Crippen LogP contribution in [0.5, 0.6) is 11.5 Å². The van der Waals surface area contributed by atoms with Crippen molar-refractivity contribution < 1.29 is 33.8 Å². The Hall–Kier alpha value is -4.94. The number of fused-ring (bicyclic) bond motifs is 24. The van der Waals surface area contributed by atoms with Crippen LogP contribution in [0, 0.1) is 5.92 Å². The van der Waals surface area contributed by atoms with Crippen molar-refractivity contribution in [3.8, 4) is 11.5 Å². The topological polar surface area (TPSA) is 167 Å². The van der Waals surface area contributed by atoms with E-state index in [1.807, 2.05) is 80.6 Å². The van der Waals surface area contributed by atoms with Crippen LogP contribution < -0.4 is 36.1 Å². The Morgan fingerprint density at radius 1 is 0.745 bits per heavy atom. The normalized spacial score (nSPS) is 23.1. The number of hydrogen-bond acceptors (Lipinski definition) is 8. The molecule has 4 bridgehead atoms. The van der Waals surface area contributed by atoms with Gasteiger partial charge in [-0.2, -0.15) is 0 Å². The third-order valence-electron chi connectivity index (χ3n) is 9.08. The fourth-order valence-corrected chi connectivity index (χ4v) is 6.12. The zero-order valence-corrected chi connectivity index (χ0v) is 29.2. The minimum Gasteiger partial charge on any atom is -0.494 e. The van der Waals surface area contributed by atoms with Crippen molar-refractivity contribution >= 4 is 23.6 Å². The molecule has 5 unspecified atom stereocenters. The van der Waals surface area contributed by atoms with Gasteiger partial charge in [0.05, 0.1) is 31.4 Å². The van der Waals surface area contributed by atoms with Crippen LogP contribution in [0.1, 0.15) is 55.8 Å². The second kappa shape index (κ2) is 18.3. The average Bonchev–Trinajstić information content (AvgIpc) is 3.14. The van der Waals surface area contributed by atoms with Crippen molar-refractivity contribution in [1.82, 2.24) is 26.6 Å². The van der Waals surface area contributed by atoms with Crippen LogP contribution in [0.15, 0.2) is 78.9 Å². The van der Waals surface area contributed by atoms with Gasteiger partial charge in [0.15, 0.2) is 0 Å². The summed E-state index contributed by atoms with van der Waals surface area (Å²) in [5.41, 5.74) is 2.34. The number of rotatable bonds is 6. The summed E-state index contributed by atoms with van der Waals surface area (Å²) >= 11 is 0. The number of hydrogen-bond donors (Lipinski definition) is 6. The van der Waals surface area contributed by atoms with E-state index >= 15 is 0 Å². The third kappa shape index (κ3) is 11.0. The number of ether oxygens (including phenoxy) is 2. The first-order valence-corrected chi connectivity index (χ1v) is 17.7. The van der Waals surface area contributed by atoms with Crippen LogP contribution in [-0.2, 0) is 32.0 Å². The zero-order chi connectivity index (χ0) is 36.2. The largest absolute Gasteiger partial charge is 0.494 e. The molecule has 4 heterocycles. The maximum atomic E-state index is 14.0.